The van der Waals surface area contributed by atoms with E-state index in [4.69, 9.17) is 0 Å². The fourth-order valence-electron chi connectivity index (χ4n) is 3.34. The van der Waals surface area contributed by atoms with Gasteiger partial charge in [0.15, 0.2) is 0 Å². The second-order valence-corrected chi connectivity index (χ2v) is 5.61. The van der Waals surface area contributed by atoms with Gasteiger partial charge in [0.2, 0.25) is 0 Å². The first-order chi connectivity index (χ1) is 8.91. The fourth-order valence-corrected chi connectivity index (χ4v) is 3.34. The maximum absolute atomic E-state index is 12.7. The van der Waals surface area contributed by atoms with Crippen molar-refractivity contribution in [2.45, 2.75) is 64.2 Å². The van der Waals surface area contributed by atoms with Crippen LogP contribution in [0.15, 0.2) is 0 Å². The number of nitrogens with one attached hydrogen (secondary N) is 1. The molecule has 0 aromatic rings. The van der Waals surface area contributed by atoms with Crippen LogP contribution in [0.5, 0.6) is 0 Å². The summed E-state index contributed by atoms with van der Waals surface area (Å²) in [5.74, 6) is 0.585. The molecule has 0 spiro atoms. The Morgan fingerprint density at radius 3 is 2.37 bits per heavy atom. The number of halogens is 3. The van der Waals surface area contributed by atoms with Crippen LogP contribution in [0.1, 0.15) is 46.0 Å². The van der Waals surface area contributed by atoms with Crippen molar-refractivity contribution in [3.63, 3.8) is 0 Å². The summed E-state index contributed by atoms with van der Waals surface area (Å²) in [7, 11) is 1.86. The van der Waals surface area contributed by atoms with Gasteiger partial charge in [-0.25, -0.2) is 0 Å². The Bertz CT molecular complexity index is 256. The summed E-state index contributed by atoms with van der Waals surface area (Å²) in [4.78, 5) is 1.60. The SMILES string of the molecule is CCCC1CCC(NC)C(N(CC)CC(F)(F)F)C1. The van der Waals surface area contributed by atoms with Crippen molar-refractivity contribution in [1.29, 1.82) is 0 Å². The molecule has 114 valence electrons. The maximum atomic E-state index is 12.7. The molecule has 0 aromatic heterocycles. The van der Waals surface area contributed by atoms with Crippen molar-refractivity contribution >= 4 is 0 Å². The van der Waals surface area contributed by atoms with Crippen LogP contribution in [0.3, 0.4) is 0 Å². The average molecular weight is 280 g/mol. The number of nitrogens with zero attached hydrogens (tertiary/aromatic N) is 1. The lowest BCUT2D eigenvalue weighted by Gasteiger charge is -2.42. The second-order valence-electron chi connectivity index (χ2n) is 5.61. The van der Waals surface area contributed by atoms with E-state index in [1.165, 1.54) is 0 Å². The number of hydrogen-bond donors (Lipinski definition) is 1. The molecule has 19 heavy (non-hydrogen) atoms. The van der Waals surface area contributed by atoms with Crippen LogP contribution in [0.25, 0.3) is 0 Å². The molecule has 1 saturated carbocycles. The second kappa shape index (κ2) is 7.48. The third kappa shape index (κ3) is 5.30. The fraction of sp³-hybridized carbons (Fsp3) is 1.00. The molecule has 0 aromatic carbocycles. The number of hydrogen-bond acceptors (Lipinski definition) is 2. The quantitative estimate of drug-likeness (QED) is 0.802. The van der Waals surface area contributed by atoms with Crippen molar-refractivity contribution < 1.29 is 13.2 Å². The molecular weight excluding hydrogens is 253 g/mol. The molecule has 5 heteroatoms. The summed E-state index contributed by atoms with van der Waals surface area (Å²) in [6.45, 7) is 3.64. The predicted octanol–water partition coefficient (Wildman–Crippen LogP) is 3.43. The standard InChI is InChI=1S/C14H27F3N2/c1-4-6-11-7-8-12(18-3)13(9-11)19(5-2)10-14(15,16)17/h11-13,18H,4-10H2,1-3H3. The molecule has 1 fully saturated rings. The Labute approximate surface area is 114 Å². The zero-order valence-corrected chi connectivity index (χ0v) is 12.3. The van der Waals surface area contributed by atoms with Gasteiger partial charge in [-0.05, 0) is 38.8 Å². The van der Waals surface area contributed by atoms with Crippen LogP contribution in [-0.2, 0) is 0 Å². The minimum Gasteiger partial charge on any atom is -0.315 e. The number of likely N-dealkylation sites (N-methyl/N-ethyl adjacent to an activating group) is 2. The molecule has 3 unspecified atom stereocenters. The molecule has 2 nitrogen and oxygen atoms in total. The molecule has 0 aliphatic heterocycles. The van der Waals surface area contributed by atoms with Gasteiger partial charge < -0.3 is 5.32 Å². The van der Waals surface area contributed by atoms with Crippen LogP contribution in [0.4, 0.5) is 13.2 Å². The topological polar surface area (TPSA) is 15.3 Å². The van der Waals surface area contributed by atoms with E-state index >= 15 is 0 Å². The highest BCUT2D eigenvalue weighted by atomic mass is 19.4. The summed E-state index contributed by atoms with van der Waals surface area (Å²) in [6.07, 6.45) is 1.17. The molecule has 0 radical (unpaired) electrons. The highest BCUT2D eigenvalue weighted by molar-refractivity contribution is 4.91. The van der Waals surface area contributed by atoms with Crippen molar-refractivity contribution in [1.82, 2.24) is 10.2 Å². The van der Waals surface area contributed by atoms with Crippen molar-refractivity contribution in [3.8, 4) is 0 Å². The normalized spacial score (nSPS) is 28.9. The number of rotatable bonds is 6. The van der Waals surface area contributed by atoms with Crippen molar-refractivity contribution in [2.24, 2.45) is 5.92 Å². The first-order valence-electron chi connectivity index (χ1n) is 7.39. The van der Waals surface area contributed by atoms with E-state index in [2.05, 4.69) is 12.2 Å². The van der Waals surface area contributed by atoms with Crippen molar-refractivity contribution in [3.05, 3.63) is 0 Å². The Kier molecular flexibility index (Phi) is 6.60. The van der Waals surface area contributed by atoms with Gasteiger partial charge in [0.05, 0.1) is 6.54 Å². The number of alkyl halides is 3. The van der Waals surface area contributed by atoms with E-state index in [-0.39, 0.29) is 12.1 Å². The van der Waals surface area contributed by atoms with E-state index in [1.54, 1.807) is 4.90 Å². The molecule has 1 aliphatic carbocycles. The zero-order valence-electron chi connectivity index (χ0n) is 12.3. The molecule has 0 saturated heterocycles. The lowest BCUT2D eigenvalue weighted by atomic mass is 9.79. The first kappa shape index (κ1) is 16.8. The van der Waals surface area contributed by atoms with Gasteiger partial charge in [0, 0.05) is 12.1 Å². The smallest absolute Gasteiger partial charge is 0.315 e. The lowest BCUT2D eigenvalue weighted by Crippen LogP contribution is -2.54. The first-order valence-corrected chi connectivity index (χ1v) is 7.39. The van der Waals surface area contributed by atoms with Crippen LogP contribution < -0.4 is 5.32 Å². The lowest BCUT2D eigenvalue weighted by molar-refractivity contribution is -0.153. The highest BCUT2D eigenvalue weighted by Gasteiger charge is 2.38. The average Bonchev–Trinajstić information content (AvgIpc) is 2.35. The van der Waals surface area contributed by atoms with E-state index in [0.29, 0.717) is 12.5 Å². The third-order valence-electron chi connectivity index (χ3n) is 4.25. The van der Waals surface area contributed by atoms with Crippen LogP contribution >= 0.6 is 0 Å². The zero-order chi connectivity index (χ0) is 14.5. The Morgan fingerprint density at radius 2 is 1.89 bits per heavy atom. The van der Waals surface area contributed by atoms with Gasteiger partial charge in [0.25, 0.3) is 0 Å². The van der Waals surface area contributed by atoms with Gasteiger partial charge in [-0.2, -0.15) is 13.2 Å². The molecule has 3 atom stereocenters. The molecule has 1 aliphatic rings. The van der Waals surface area contributed by atoms with Crippen LogP contribution in [0, 0.1) is 5.92 Å². The largest absolute Gasteiger partial charge is 0.401 e. The van der Waals surface area contributed by atoms with Gasteiger partial charge in [-0.15, -0.1) is 0 Å². The minimum atomic E-state index is -4.11. The van der Waals surface area contributed by atoms with Gasteiger partial charge in [-0.3, -0.25) is 4.90 Å². The van der Waals surface area contributed by atoms with E-state index in [9.17, 15) is 13.2 Å². The van der Waals surface area contributed by atoms with E-state index in [1.807, 2.05) is 14.0 Å². The summed E-state index contributed by atoms with van der Waals surface area (Å²) in [5, 5.41) is 3.21. The monoisotopic (exact) mass is 280 g/mol. The molecule has 0 heterocycles. The van der Waals surface area contributed by atoms with Gasteiger partial charge in [-0.1, -0.05) is 26.7 Å². The minimum absolute atomic E-state index is 0.0157. The van der Waals surface area contributed by atoms with Crippen molar-refractivity contribution in [2.75, 3.05) is 20.1 Å². The van der Waals surface area contributed by atoms with Crippen LogP contribution in [0.2, 0.25) is 0 Å². The summed E-state index contributed by atoms with van der Waals surface area (Å²) >= 11 is 0. The molecule has 0 amide bonds. The van der Waals surface area contributed by atoms with E-state index in [0.717, 1.165) is 32.1 Å². The Balaban J connectivity index is 2.71. The Hall–Kier alpha value is -0.290. The summed E-state index contributed by atoms with van der Waals surface area (Å²) in [5.41, 5.74) is 0. The summed E-state index contributed by atoms with van der Waals surface area (Å²) < 4.78 is 38.0. The maximum Gasteiger partial charge on any atom is 0.401 e. The molecular formula is C14H27F3N2. The third-order valence-corrected chi connectivity index (χ3v) is 4.25. The predicted molar refractivity (Wildman–Crippen MR) is 72.2 cm³/mol. The van der Waals surface area contributed by atoms with Gasteiger partial charge in [0.1, 0.15) is 0 Å². The van der Waals surface area contributed by atoms with Gasteiger partial charge >= 0.3 is 6.18 Å². The Morgan fingerprint density at radius 1 is 1.21 bits per heavy atom. The molecule has 1 N–H and O–H groups in total. The highest BCUT2D eigenvalue weighted by Crippen LogP contribution is 2.32. The summed E-state index contributed by atoms with van der Waals surface area (Å²) in [6, 6.07) is 0.206. The molecule has 1 rings (SSSR count). The molecule has 0 bridgehead atoms. The van der Waals surface area contributed by atoms with Crippen LogP contribution in [-0.4, -0.2) is 43.3 Å². The van der Waals surface area contributed by atoms with E-state index < -0.39 is 12.7 Å².